The lowest BCUT2D eigenvalue weighted by molar-refractivity contribution is -0.116. The van der Waals surface area contributed by atoms with E-state index in [0.29, 0.717) is 6.42 Å². The van der Waals surface area contributed by atoms with Crippen LogP contribution in [0.3, 0.4) is 0 Å². The molecule has 5 heteroatoms. The van der Waals surface area contributed by atoms with Crippen molar-refractivity contribution in [3.05, 3.63) is 60.0 Å². The van der Waals surface area contributed by atoms with E-state index in [0.717, 1.165) is 40.1 Å². The molecule has 0 atom stereocenters. The minimum absolute atomic E-state index is 0.116. The molecule has 1 heterocycles. The van der Waals surface area contributed by atoms with Gasteiger partial charge in [-0.2, -0.15) is 0 Å². The van der Waals surface area contributed by atoms with Crippen molar-refractivity contribution in [1.29, 1.82) is 0 Å². The van der Waals surface area contributed by atoms with Gasteiger partial charge in [0.15, 0.2) is 5.13 Å². The minimum Gasteiger partial charge on any atom is -0.326 e. The van der Waals surface area contributed by atoms with E-state index in [1.165, 1.54) is 25.7 Å². The molecular weight excluding hydrogens is 378 g/mol. The monoisotopic (exact) mass is 405 g/mol. The highest BCUT2D eigenvalue weighted by Crippen LogP contribution is 2.31. The Balaban J connectivity index is 1.35. The predicted molar refractivity (Wildman–Crippen MR) is 122 cm³/mol. The zero-order valence-electron chi connectivity index (χ0n) is 16.8. The summed E-state index contributed by atoms with van der Waals surface area (Å²) in [4.78, 5) is 19.1. The third-order valence-corrected chi connectivity index (χ3v) is 6.56. The summed E-state index contributed by atoms with van der Waals surface area (Å²) in [6.45, 7) is 0. The van der Waals surface area contributed by atoms with E-state index in [2.05, 4.69) is 27.7 Å². The number of benzene rings is 2. The zero-order valence-corrected chi connectivity index (χ0v) is 17.6. The summed E-state index contributed by atoms with van der Waals surface area (Å²) in [6.07, 6.45) is 6.86. The SMILES string of the molecule is CN(c1ccccc1)c1nc(-c2ccc(NC(=O)CCC3CCCC3)cc2)cs1. The molecule has 1 N–H and O–H groups in total. The summed E-state index contributed by atoms with van der Waals surface area (Å²) in [5.41, 5.74) is 3.97. The number of carbonyl (C=O) groups is 1. The van der Waals surface area contributed by atoms with Gasteiger partial charge in [0.2, 0.25) is 5.91 Å². The largest absolute Gasteiger partial charge is 0.326 e. The highest BCUT2D eigenvalue weighted by atomic mass is 32.1. The molecule has 1 amide bonds. The Morgan fingerprint density at radius 2 is 1.83 bits per heavy atom. The number of rotatable bonds is 7. The van der Waals surface area contributed by atoms with Gasteiger partial charge in [0.1, 0.15) is 0 Å². The van der Waals surface area contributed by atoms with E-state index in [-0.39, 0.29) is 5.91 Å². The number of carbonyl (C=O) groups excluding carboxylic acids is 1. The third-order valence-electron chi connectivity index (χ3n) is 5.64. The summed E-state index contributed by atoms with van der Waals surface area (Å²) in [7, 11) is 2.03. The molecule has 0 spiro atoms. The molecule has 150 valence electrons. The van der Waals surface area contributed by atoms with Gasteiger partial charge in [-0.25, -0.2) is 4.98 Å². The van der Waals surface area contributed by atoms with E-state index in [4.69, 9.17) is 4.98 Å². The Bertz CT molecular complexity index is 930. The van der Waals surface area contributed by atoms with Crippen LogP contribution in [0.25, 0.3) is 11.3 Å². The highest BCUT2D eigenvalue weighted by Gasteiger charge is 2.16. The summed E-state index contributed by atoms with van der Waals surface area (Å²) < 4.78 is 0. The Kier molecular flexibility index (Phi) is 6.25. The van der Waals surface area contributed by atoms with E-state index in [1.807, 2.05) is 49.5 Å². The van der Waals surface area contributed by atoms with Crippen LogP contribution in [0.4, 0.5) is 16.5 Å². The first kappa shape index (κ1) is 19.6. The van der Waals surface area contributed by atoms with Gasteiger partial charge in [0.25, 0.3) is 0 Å². The van der Waals surface area contributed by atoms with E-state index in [9.17, 15) is 4.79 Å². The van der Waals surface area contributed by atoms with Crippen LogP contribution >= 0.6 is 11.3 Å². The van der Waals surface area contributed by atoms with Crippen LogP contribution in [0, 0.1) is 5.92 Å². The number of anilines is 3. The number of nitrogens with one attached hydrogen (secondary N) is 1. The number of amides is 1. The molecule has 29 heavy (non-hydrogen) atoms. The summed E-state index contributed by atoms with van der Waals surface area (Å²) in [5.74, 6) is 0.862. The van der Waals surface area contributed by atoms with Crippen LogP contribution in [0.15, 0.2) is 60.0 Å². The standard InChI is InChI=1S/C24H27N3OS/c1-27(21-9-3-2-4-10-21)24-26-22(17-29-24)19-12-14-20(15-13-19)25-23(28)16-11-18-7-5-6-8-18/h2-4,9-10,12-15,17-18H,5-8,11,16H2,1H3,(H,25,28). The topological polar surface area (TPSA) is 45.2 Å². The maximum absolute atomic E-state index is 12.2. The van der Waals surface area contributed by atoms with Gasteiger partial charge in [-0.3, -0.25) is 4.79 Å². The Morgan fingerprint density at radius 1 is 1.10 bits per heavy atom. The lowest BCUT2D eigenvalue weighted by Crippen LogP contribution is -2.12. The van der Waals surface area contributed by atoms with Crippen LogP contribution in [-0.4, -0.2) is 17.9 Å². The molecule has 0 unspecified atom stereocenters. The van der Waals surface area contributed by atoms with Gasteiger partial charge < -0.3 is 10.2 Å². The average molecular weight is 406 g/mol. The molecule has 1 aliphatic carbocycles. The lowest BCUT2D eigenvalue weighted by atomic mass is 10.0. The van der Waals surface area contributed by atoms with E-state index >= 15 is 0 Å². The van der Waals surface area contributed by atoms with Crippen molar-refractivity contribution in [1.82, 2.24) is 4.98 Å². The summed E-state index contributed by atoms with van der Waals surface area (Å²) in [6, 6.07) is 18.2. The fraction of sp³-hybridized carbons (Fsp3) is 0.333. The molecule has 3 aromatic rings. The number of nitrogens with zero attached hydrogens (tertiary/aromatic N) is 2. The second kappa shape index (κ2) is 9.23. The Labute approximate surface area is 176 Å². The fourth-order valence-electron chi connectivity index (χ4n) is 3.90. The first-order chi connectivity index (χ1) is 14.2. The number of aromatic nitrogens is 1. The first-order valence-electron chi connectivity index (χ1n) is 10.3. The van der Waals surface area contributed by atoms with Crippen molar-refractivity contribution >= 4 is 33.8 Å². The first-order valence-corrected chi connectivity index (χ1v) is 11.2. The average Bonchev–Trinajstić information content (AvgIpc) is 3.45. The predicted octanol–water partition coefficient (Wildman–Crippen LogP) is 6.49. The van der Waals surface area contributed by atoms with Crippen LogP contribution in [-0.2, 0) is 4.79 Å². The van der Waals surface area contributed by atoms with Crippen LogP contribution in [0.5, 0.6) is 0 Å². The van der Waals surface area contributed by atoms with Crippen molar-refractivity contribution < 1.29 is 4.79 Å². The summed E-state index contributed by atoms with van der Waals surface area (Å²) in [5, 5.41) is 6.05. The summed E-state index contributed by atoms with van der Waals surface area (Å²) >= 11 is 1.63. The van der Waals surface area contributed by atoms with Gasteiger partial charge in [-0.15, -0.1) is 11.3 Å². The van der Waals surface area contributed by atoms with Gasteiger partial charge in [-0.1, -0.05) is 56.0 Å². The van der Waals surface area contributed by atoms with Crippen LogP contribution < -0.4 is 10.2 Å². The van der Waals surface area contributed by atoms with Crippen LogP contribution in [0.1, 0.15) is 38.5 Å². The van der Waals surface area contributed by atoms with Crippen molar-refractivity contribution in [2.24, 2.45) is 5.92 Å². The molecule has 4 nitrogen and oxygen atoms in total. The molecule has 0 radical (unpaired) electrons. The van der Waals surface area contributed by atoms with Crippen molar-refractivity contribution in [2.75, 3.05) is 17.3 Å². The molecule has 2 aromatic carbocycles. The second-order valence-corrected chi connectivity index (χ2v) is 8.56. The number of thiazole rings is 1. The quantitative estimate of drug-likeness (QED) is 0.489. The Morgan fingerprint density at radius 3 is 2.55 bits per heavy atom. The fourth-order valence-corrected chi connectivity index (χ4v) is 4.72. The molecule has 1 aromatic heterocycles. The molecule has 0 aliphatic heterocycles. The smallest absolute Gasteiger partial charge is 0.224 e. The van der Waals surface area contributed by atoms with Crippen molar-refractivity contribution in [3.8, 4) is 11.3 Å². The highest BCUT2D eigenvalue weighted by molar-refractivity contribution is 7.14. The van der Waals surface area contributed by atoms with E-state index < -0.39 is 0 Å². The minimum atomic E-state index is 0.116. The molecule has 0 saturated heterocycles. The molecule has 0 bridgehead atoms. The van der Waals surface area contributed by atoms with Gasteiger partial charge in [0, 0.05) is 35.8 Å². The van der Waals surface area contributed by atoms with Gasteiger partial charge in [-0.05, 0) is 36.6 Å². The number of hydrogen-bond donors (Lipinski definition) is 1. The van der Waals surface area contributed by atoms with Gasteiger partial charge >= 0.3 is 0 Å². The maximum Gasteiger partial charge on any atom is 0.224 e. The molecule has 1 aliphatic rings. The normalized spacial score (nSPS) is 14.1. The molecule has 1 fully saturated rings. The number of hydrogen-bond acceptors (Lipinski definition) is 4. The molecular formula is C24H27N3OS. The number of para-hydroxylation sites is 1. The van der Waals surface area contributed by atoms with Gasteiger partial charge in [0.05, 0.1) is 5.69 Å². The lowest BCUT2D eigenvalue weighted by Gasteiger charge is -2.15. The van der Waals surface area contributed by atoms with E-state index in [1.54, 1.807) is 11.3 Å². The second-order valence-electron chi connectivity index (χ2n) is 7.72. The third kappa shape index (κ3) is 5.04. The molecule has 4 rings (SSSR count). The van der Waals surface area contributed by atoms with Crippen LogP contribution in [0.2, 0.25) is 0 Å². The molecule has 1 saturated carbocycles. The Hall–Kier alpha value is -2.66. The van der Waals surface area contributed by atoms with Crippen molar-refractivity contribution in [3.63, 3.8) is 0 Å². The van der Waals surface area contributed by atoms with Crippen molar-refractivity contribution in [2.45, 2.75) is 38.5 Å². The maximum atomic E-state index is 12.2. The zero-order chi connectivity index (χ0) is 20.1.